The molecule has 0 radical (unpaired) electrons. The van der Waals surface area contributed by atoms with Crippen LogP contribution in [0.4, 0.5) is 4.79 Å². The fraction of sp³-hybridized carbons (Fsp3) is 0.333. The second-order valence-corrected chi connectivity index (χ2v) is 5.73. The number of ether oxygens (including phenoxy) is 1. The monoisotopic (exact) mass is 337 g/mol. The molecule has 1 aliphatic rings. The molecule has 1 aromatic rings. The van der Waals surface area contributed by atoms with Crippen LogP contribution in [0.15, 0.2) is 43.0 Å². The fourth-order valence-corrected chi connectivity index (χ4v) is 2.65. The summed E-state index contributed by atoms with van der Waals surface area (Å²) < 4.78 is 5.02. The van der Waals surface area contributed by atoms with Gasteiger partial charge in [-0.2, -0.15) is 0 Å². The largest absolute Gasteiger partial charge is 0.447 e. The SMILES string of the molecule is C=CCC(Br)C(=O)N1C(=O)OC[C@H]1Cc1ccccc1. The van der Waals surface area contributed by atoms with Crippen LogP contribution in [0, 0.1) is 0 Å². The molecular formula is C15H16BrNO3. The van der Waals surface area contributed by atoms with E-state index in [1.807, 2.05) is 30.3 Å². The van der Waals surface area contributed by atoms with E-state index in [0.717, 1.165) is 5.56 Å². The molecule has 0 spiro atoms. The maximum absolute atomic E-state index is 12.3. The summed E-state index contributed by atoms with van der Waals surface area (Å²) in [5.41, 5.74) is 1.07. The van der Waals surface area contributed by atoms with Crippen LogP contribution in [0.25, 0.3) is 0 Å². The molecule has 2 rings (SSSR count). The van der Waals surface area contributed by atoms with E-state index >= 15 is 0 Å². The summed E-state index contributed by atoms with van der Waals surface area (Å²) in [5, 5.41) is 0. The van der Waals surface area contributed by atoms with E-state index in [2.05, 4.69) is 22.5 Å². The Kier molecular flexibility index (Phi) is 4.95. The first-order valence-electron chi connectivity index (χ1n) is 6.42. The van der Waals surface area contributed by atoms with Gasteiger partial charge in [-0.1, -0.05) is 52.3 Å². The number of hydrogen-bond donors (Lipinski definition) is 0. The molecule has 1 saturated heterocycles. The number of hydrogen-bond acceptors (Lipinski definition) is 3. The Bertz CT molecular complexity index is 503. The van der Waals surface area contributed by atoms with Crippen LogP contribution in [0.2, 0.25) is 0 Å². The van der Waals surface area contributed by atoms with Crippen LogP contribution >= 0.6 is 15.9 Å². The van der Waals surface area contributed by atoms with E-state index in [0.29, 0.717) is 12.8 Å². The topological polar surface area (TPSA) is 46.6 Å². The average molecular weight is 338 g/mol. The highest BCUT2D eigenvalue weighted by Gasteiger charge is 2.39. The van der Waals surface area contributed by atoms with E-state index in [9.17, 15) is 9.59 Å². The highest BCUT2D eigenvalue weighted by Crippen LogP contribution is 2.21. The van der Waals surface area contributed by atoms with Gasteiger partial charge in [-0.15, -0.1) is 6.58 Å². The van der Waals surface area contributed by atoms with Gasteiger partial charge in [0.2, 0.25) is 5.91 Å². The molecular weight excluding hydrogens is 322 g/mol. The standard InChI is InChI=1S/C15H16BrNO3/c1-2-6-13(16)14(18)17-12(10-20-15(17)19)9-11-7-4-3-5-8-11/h2-5,7-8,12-13H,1,6,9-10H2/t12-,13?/m1/s1. The van der Waals surface area contributed by atoms with E-state index in [1.165, 1.54) is 4.90 Å². The van der Waals surface area contributed by atoms with Crippen LogP contribution < -0.4 is 0 Å². The summed E-state index contributed by atoms with van der Waals surface area (Å²) in [6.45, 7) is 3.84. The number of halogens is 1. The van der Waals surface area contributed by atoms with Crippen LogP contribution in [0.5, 0.6) is 0 Å². The van der Waals surface area contributed by atoms with Gasteiger partial charge in [0.1, 0.15) is 6.61 Å². The third kappa shape index (κ3) is 3.28. The van der Waals surface area contributed by atoms with Gasteiger partial charge >= 0.3 is 6.09 Å². The van der Waals surface area contributed by atoms with Crippen molar-refractivity contribution in [3.05, 3.63) is 48.6 Å². The maximum Gasteiger partial charge on any atom is 0.417 e. The number of carbonyl (C=O) groups excluding carboxylic acids is 2. The van der Waals surface area contributed by atoms with Crippen molar-refractivity contribution in [2.24, 2.45) is 0 Å². The van der Waals surface area contributed by atoms with Crippen LogP contribution in [0.3, 0.4) is 0 Å². The van der Waals surface area contributed by atoms with E-state index < -0.39 is 10.9 Å². The number of benzene rings is 1. The first-order chi connectivity index (χ1) is 9.63. The molecule has 0 bridgehead atoms. The highest BCUT2D eigenvalue weighted by molar-refractivity contribution is 9.10. The van der Waals surface area contributed by atoms with E-state index in [-0.39, 0.29) is 18.6 Å². The summed E-state index contributed by atoms with van der Waals surface area (Å²) >= 11 is 3.28. The van der Waals surface area contributed by atoms with Crippen molar-refractivity contribution in [1.29, 1.82) is 0 Å². The molecule has 0 saturated carbocycles. The van der Waals surface area contributed by atoms with Crippen molar-refractivity contribution in [1.82, 2.24) is 4.90 Å². The number of alkyl halides is 1. The lowest BCUT2D eigenvalue weighted by molar-refractivity contribution is -0.128. The summed E-state index contributed by atoms with van der Waals surface area (Å²) in [7, 11) is 0. The van der Waals surface area contributed by atoms with Crippen molar-refractivity contribution in [2.45, 2.75) is 23.7 Å². The zero-order valence-corrected chi connectivity index (χ0v) is 12.6. The number of imide groups is 1. The molecule has 1 heterocycles. The predicted octanol–water partition coefficient (Wildman–Crippen LogP) is 2.92. The minimum atomic E-state index is -0.565. The summed E-state index contributed by atoms with van der Waals surface area (Å²) in [4.78, 5) is 24.8. The Morgan fingerprint density at radius 2 is 2.20 bits per heavy atom. The summed E-state index contributed by atoms with van der Waals surface area (Å²) in [6.07, 6.45) is 2.15. The van der Waals surface area contributed by atoms with Gasteiger partial charge in [0.25, 0.3) is 0 Å². The molecule has 2 amide bonds. The van der Waals surface area contributed by atoms with Gasteiger partial charge in [0.15, 0.2) is 0 Å². The number of cyclic esters (lactones) is 1. The molecule has 1 aliphatic heterocycles. The van der Waals surface area contributed by atoms with Crippen LogP contribution in [-0.2, 0) is 16.0 Å². The lowest BCUT2D eigenvalue weighted by Gasteiger charge is -2.21. The van der Waals surface area contributed by atoms with Crippen molar-refractivity contribution < 1.29 is 14.3 Å². The Morgan fingerprint density at radius 3 is 2.85 bits per heavy atom. The molecule has 0 aromatic heterocycles. The van der Waals surface area contributed by atoms with Crippen molar-refractivity contribution in [2.75, 3.05) is 6.61 Å². The normalized spacial score (nSPS) is 19.6. The van der Waals surface area contributed by atoms with Crippen LogP contribution in [0.1, 0.15) is 12.0 Å². The van der Waals surface area contributed by atoms with Gasteiger partial charge in [0.05, 0.1) is 10.9 Å². The molecule has 1 aromatic carbocycles. The summed E-state index contributed by atoms with van der Waals surface area (Å²) in [6, 6.07) is 9.50. The Morgan fingerprint density at radius 1 is 1.50 bits per heavy atom. The third-order valence-electron chi connectivity index (χ3n) is 3.15. The lowest BCUT2D eigenvalue weighted by atomic mass is 10.1. The second-order valence-electron chi connectivity index (χ2n) is 4.62. The molecule has 4 nitrogen and oxygen atoms in total. The number of nitrogens with zero attached hydrogens (tertiary/aromatic N) is 1. The second kappa shape index (κ2) is 6.70. The lowest BCUT2D eigenvalue weighted by Crippen LogP contribution is -2.43. The molecule has 20 heavy (non-hydrogen) atoms. The molecule has 2 atom stereocenters. The van der Waals surface area contributed by atoms with E-state index in [1.54, 1.807) is 6.08 Å². The van der Waals surface area contributed by atoms with Crippen molar-refractivity contribution in [3.8, 4) is 0 Å². The molecule has 0 N–H and O–H groups in total. The first kappa shape index (κ1) is 14.8. The first-order valence-corrected chi connectivity index (χ1v) is 7.33. The molecule has 106 valence electrons. The minimum absolute atomic E-state index is 0.243. The van der Waals surface area contributed by atoms with Gasteiger partial charge in [0, 0.05) is 0 Å². The van der Waals surface area contributed by atoms with Gasteiger partial charge in [-0.25, -0.2) is 9.69 Å². The van der Waals surface area contributed by atoms with Crippen LogP contribution in [-0.4, -0.2) is 34.4 Å². The number of allylic oxidation sites excluding steroid dienone is 1. The molecule has 1 unspecified atom stereocenters. The Labute approximate surface area is 126 Å². The Hall–Kier alpha value is -1.62. The average Bonchev–Trinajstić information content (AvgIpc) is 2.80. The maximum atomic E-state index is 12.3. The highest BCUT2D eigenvalue weighted by atomic mass is 79.9. The van der Waals surface area contributed by atoms with Crippen molar-refractivity contribution in [3.63, 3.8) is 0 Å². The number of carbonyl (C=O) groups is 2. The number of amides is 2. The minimum Gasteiger partial charge on any atom is -0.447 e. The predicted molar refractivity (Wildman–Crippen MR) is 79.7 cm³/mol. The van der Waals surface area contributed by atoms with Crippen molar-refractivity contribution >= 4 is 27.9 Å². The molecule has 0 aliphatic carbocycles. The molecule has 1 fully saturated rings. The smallest absolute Gasteiger partial charge is 0.417 e. The summed E-state index contributed by atoms with van der Waals surface area (Å²) in [5.74, 6) is -0.270. The van der Waals surface area contributed by atoms with Gasteiger partial charge in [-0.3, -0.25) is 4.79 Å². The third-order valence-corrected chi connectivity index (χ3v) is 3.92. The van der Waals surface area contributed by atoms with Gasteiger partial charge < -0.3 is 4.74 Å². The zero-order valence-electron chi connectivity index (χ0n) is 11.0. The van der Waals surface area contributed by atoms with E-state index in [4.69, 9.17) is 4.74 Å². The zero-order chi connectivity index (χ0) is 14.5. The fourth-order valence-electron chi connectivity index (χ4n) is 2.16. The molecule has 5 heteroatoms. The Balaban J connectivity index is 2.10. The van der Waals surface area contributed by atoms with Gasteiger partial charge in [-0.05, 0) is 18.4 Å². The number of rotatable bonds is 5. The quantitative estimate of drug-likeness (QED) is 0.613.